The van der Waals surface area contributed by atoms with E-state index in [9.17, 15) is 17.9 Å². The van der Waals surface area contributed by atoms with Crippen LogP contribution in [0, 0.1) is 12.7 Å². The third kappa shape index (κ3) is 6.79. The van der Waals surface area contributed by atoms with Crippen molar-refractivity contribution in [2.75, 3.05) is 25.1 Å². The molecule has 0 fully saturated rings. The molecule has 0 spiro atoms. The molecule has 0 amide bonds. The number of hydrogen-bond acceptors (Lipinski definition) is 9. The maximum absolute atomic E-state index is 14.8. The van der Waals surface area contributed by atoms with Gasteiger partial charge < -0.3 is 19.0 Å². The van der Waals surface area contributed by atoms with Crippen LogP contribution in [0.25, 0.3) is 17.3 Å². The van der Waals surface area contributed by atoms with Crippen LogP contribution in [-0.2, 0) is 10.0 Å². The van der Waals surface area contributed by atoms with Gasteiger partial charge in [0.2, 0.25) is 21.8 Å². The predicted octanol–water partition coefficient (Wildman–Crippen LogP) is 5.75. The van der Waals surface area contributed by atoms with Crippen molar-refractivity contribution in [1.29, 1.82) is 0 Å². The highest BCUT2D eigenvalue weighted by atomic mass is 79.9. The van der Waals surface area contributed by atoms with Crippen molar-refractivity contribution < 1.29 is 31.8 Å². The van der Waals surface area contributed by atoms with Crippen molar-refractivity contribution in [3.63, 3.8) is 0 Å². The molecular weight excluding hydrogens is 661 g/mol. The lowest BCUT2D eigenvalue weighted by molar-refractivity contribution is 0.166. The molecule has 2 atom stereocenters. The average molecular weight is 697 g/mol. The summed E-state index contributed by atoms with van der Waals surface area (Å²) in [7, 11) is -3.30. The van der Waals surface area contributed by atoms with E-state index >= 15 is 0 Å². The van der Waals surface area contributed by atoms with Crippen molar-refractivity contribution in [3.8, 4) is 28.8 Å². The highest BCUT2D eigenvalue weighted by molar-refractivity contribution is 9.10. The van der Waals surface area contributed by atoms with E-state index in [1.165, 1.54) is 31.9 Å². The number of anilines is 1. The standard InChI is InChI=1S/C28H35BrFN5O6SSi/c1-17-11-12-23(41-17)27-32-33-28(35(27)25-21(39-3)9-8-10-22(25)40-4)34(13-14-43(5,6)7)42(37,38)18(2)26(36)24-20(30)15-19(29)16-31-24/h8-12,15-16,18,26,36H,13-14H2,1-7H3/t18-,26-/m0/s1. The highest BCUT2D eigenvalue weighted by Gasteiger charge is 2.40. The van der Waals surface area contributed by atoms with Gasteiger partial charge in [0, 0.05) is 25.3 Å². The van der Waals surface area contributed by atoms with Gasteiger partial charge in [0.25, 0.3) is 0 Å². The van der Waals surface area contributed by atoms with Crippen molar-refractivity contribution in [1.82, 2.24) is 19.7 Å². The molecule has 3 aromatic heterocycles. The molecule has 43 heavy (non-hydrogen) atoms. The Morgan fingerprint density at radius 1 is 1.14 bits per heavy atom. The lowest BCUT2D eigenvalue weighted by Gasteiger charge is -2.31. The number of aliphatic hydroxyl groups excluding tert-OH is 1. The normalized spacial score (nSPS) is 13.5. The molecule has 0 bridgehead atoms. The number of furan rings is 1. The number of sulfonamides is 1. The van der Waals surface area contributed by atoms with Crippen LogP contribution in [0.2, 0.25) is 25.7 Å². The Morgan fingerprint density at radius 3 is 2.33 bits per heavy atom. The van der Waals surface area contributed by atoms with E-state index in [0.717, 1.165) is 10.4 Å². The van der Waals surface area contributed by atoms with E-state index in [1.807, 2.05) is 0 Å². The summed E-state index contributed by atoms with van der Waals surface area (Å²) in [5.41, 5.74) is -0.0392. The van der Waals surface area contributed by atoms with Gasteiger partial charge in [0.15, 0.2) is 5.76 Å². The molecule has 0 aliphatic carbocycles. The van der Waals surface area contributed by atoms with Gasteiger partial charge in [-0.15, -0.1) is 10.2 Å². The summed E-state index contributed by atoms with van der Waals surface area (Å²) >= 11 is 3.14. The zero-order valence-electron chi connectivity index (χ0n) is 25.0. The third-order valence-corrected chi connectivity index (χ3v) is 11.2. The van der Waals surface area contributed by atoms with Crippen LogP contribution >= 0.6 is 15.9 Å². The smallest absolute Gasteiger partial charge is 0.246 e. The minimum absolute atomic E-state index is 0.0259. The SMILES string of the molecule is COc1cccc(OC)c1-n1c(-c2ccc(C)o2)nnc1N(CC[Si](C)(C)C)S(=O)(=O)[C@@H](C)[C@H](O)c1ncc(Br)cc1F. The second-order valence-electron chi connectivity index (χ2n) is 11.2. The highest BCUT2D eigenvalue weighted by Crippen LogP contribution is 2.40. The van der Waals surface area contributed by atoms with Crippen molar-refractivity contribution >= 4 is 40.0 Å². The lowest BCUT2D eigenvalue weighted by atomic mass is 10.2. The van der Waals surface area contributed by atoms with E-state index in [1.54, 1.807) is 37.3 Å². The second-order valence-corrected chi connectivity index (χ2v) is 19.9. The molecule has 15 heteroatoms. The Bertz CT molecular complexity index is 1690. The summed E-state index contributed by atoms with van der Waals surface area (Å²) in [6.45, 7) is 9.45. The summed E-state index contributed by atoms with van der Waals surface area (Å²) < 4.78 is 63.9. The quantitative estimate of drug-likeness (QED) is 0.184. The summed E-state index contributed by atoms with van der Waals surface area (Å²) in [6.07, 6.45) is -0.483. The molecule has 4 rings (SSSR count). The Labute approximate surface area is 259 Å². The monoisotopic (exact) mass is 695 g/mol. The predicted molar refractivity (Wildman–Crippen MR) is 168 cm³/mol. The van der Waals surface area contributed by atoms with Crippen LogP contribution in [-0.4, -0.2) is 67.4 Å². The zero-order chi connectivity index (χ0) is 31.7. The fourth-order valence-electron chi connectivity index (χ4n) is 4.42. The molecule has 232 valence electrons. The maximum atomic E-state index is 14.8. The van der Waals surface area contributed by atoms with Gasteiger partial charge in [-0.2, -0.15) is 0 Å². The van der Waals surface area contributed by atoms with Crippen LogP contribution < -0.4 is 13.8 Å². The number of pyridine rings is 1. The van der Waals surface area contributed by atoms with E-state index < -0.39 is 35.3 Å². The van der Waals surface area contributed by atoms with Crippen LogP contribution in [0.5, 0.6) is 11.5 Å². The van der Waals surface area contributed by atoms with Gasteiger partial charge in [-0.1, -0.05) is 25.7 Å². The number of halogens is 2. The van der Waals surface area contributed by atoms with Crippen molar-refractivity contribution in [3.05, 3.63) is 64.3 Å². The summed E-state index contributed by atoms with van der Waals surface area (Å²) in [4.78, 5) is 3.96. The first-order valence-electron chi connectivity index (χ1n) is 13.4. The van der Waals surface area contributed by atoms with E-state index in [-0.39, 0.29) is 24.0 Å². The minimum atomic E-state index is -4.43. The molecule has 11 nitrogen and oxygen atoms in total. The van der Waals surface area contributed by atoms with Crippen LogP contribution in [0.1, 0.15) is 24.5 Å². The molecule has 0 unspecified atom stereocenters. The number of ether oxygens (including phenoxy) is 2. The Hall–Kier alpha value is -3.27. The first-order valence-corrected chi connectivity index (χ1v) is 19.4. The number of nitrogens with zero attached hydrogens (tertiary/aromatic N) is 5. The third-order valence-electron chi connectivity index (χ3n) is 6.86. The van der Waals surface area contributed by atoms with E-state index in [2.05, 4.69) is 50.8 Å². The van der Waals surface area contributed by atoms with Crippen LogP contribution in [0.15, 0.2) is 51.5 Å². The zero-order valence-corrected chi connectivity index (χ0v) is 28.4. The molecule has 4 aromatic rings. The summed E-state index contributed by atoms with van der Waals surface area (Å²) in [5.74, 6) is 0.961. The van der Waals surface area contributed by atoms with Gasteiger partial charge in [-0.05, 0) is 66.2 Å². The molecule has 0 aliphatic rings. The Kier molecular flexibility index (Phi) is 9.68. The first-order chi connectivity index (χ1) is 20.2. The number of rotatable bonds is 12. The van der Waals surface area contributed by atoms with Gasteiger partial charge in [0.05, 0.1) is 14.2 Å². The molecule has 1 N–H and O–H groups in total. The molecule has 0 saturated heterocycles. The molecule has 1 aromatic carbocycles. The molecule has 0 aliphatic heterocycles. The summed E-state index contributed by atoms with van der Waals surface area (Å²) in [6, 6.07) is 10.3. The van der Waals surface area contributed by atoms with Gasteiger partial charge in [0.1, 0.15) is 45.8 Å². The Morgan fingerprint density at radius 2 is 1.79 bits per heavy atom. The van der Waals surface area contributed by atoms with Gasteiger partial charge in [-0.3, -0.25) is 9.55 Å². The Balaban J connectivity index is 1.97. The van der Waals surface area contributed by atoms with Gasteiger partial charge in [-0.25, -0.2) is 17.1 Å². The van der Waals surface area contributed by atoms with Crippen molar-refractivity contribution in [2.24, 2.45) is 0 Å². The van der Waals surface area contributed by atoms with Crippen LogP contribution in [0.4, 0.5) is 10.3 Å². The van der Waals surface area contributed by atoms with Crippen LogP contribution in [0.3, 0.4) is 0 Å². The lowest BCUT2D eigenvalue weighted by Crippen LogP contribution is -2.44. The number of aromatic nitrogens is 4. The number of benzene rings is 1. The molecule has 0 radical (unpaired) electrons. The van der Waals surface area contributed by atoms with Crippen molar-refractivity contribution in [2.45, 2.75) is 50.9 Å². The first kappa shape index (κ1) is 32.6. The molecule has 0 saturated carbocycles. The number of aryl methyl sites for hydroxylation is 1. The molecule has 3 heterocycles. The van der Waals surface area contributed by atoms with E-state index in [0.29, 0.717) is 39.2 Å². The number of aliphatic hydroxyl groups is 1. The largest absolute Gasteiger partial charge is 0.494 e. The van der Waals surface area contributed by atoms with Gasteiger partial charge >= 0.3 is 0 Å². The maximum Gasteiger partial charge on any atom is 0.246 e. The molecular formula is C28H35BrFN5O6SSi. The van der Waals surface area contributed by atoms with E-state index in [4.69, 9.17) is 13.9 Å². The number of para-hydroxylation sites is 1. The topological polar surface area (TPSA) is 133 Å². The fraction of sp³-hybridized carbons (Fsp3) is 0.393. The minimum Gasteiger partial charge on any atom is -0.494 e. The second kappa shape index (κ2) is 12.8. The average Bonchev–Trinajstić information content (AvgIpc) is 3.57. The summed E-state index contributed by atoms with van der Waals surface area (Å²) in [5, 5.41) is 18.4. The number of methoxy groups -OCH3 is 2. The number of hydrogen-bond donors (Lipinski definition) is 1. The fourth-order valence-corrected chi connectivity index (χ4v) is 7.32.